The molecule has 4 rings (SSSR count). The Balaban J connectivity index is 0.00000131. The first-order chi connectivity index (χ1) is 12.2. The average Bonchev–Trinajstić information content (AvgIpc) is 3.17. The minimum absolute atomic E-state index is 0. The molecule has 0 atom stereocenters. The Labute approximate surface area is 192 Å². The first kappa shape index (κ1) is 24.1. The van der Waals surface area contributed by atoms with Gasteiger partial charge < -0.3 is 24.8 Å². The van der Waals surface area contributed by atoms with Crippen LogP contribution in [0.1, 0.15) is 52.4 Å². The van der Waals surface area contributed by atoms with E-state index < -0.39 is 39.1 Å². The predicted molar refractivity (Wildman–Crippen MR) is 112 cm³/mol. The molecule has 148 valence electrons. The Morgan fingerprint density at radius 2 is 1.15 bits per heavy atom. The summed E-state index contributed by atoms with van der Waals surface area (Å²) in [5.74, 6) is 0. The second kappa shape index (κ2) is 10.2. The average molecular weight is 604 g/mol. The molecule has 0 unspecified atom stereocenters. The van der Waals surface area contributed by atoms with Crippen LogP contribution in [0.15, 0.2) is 41.4 Å². The number of hydrogen-bond donors (Lipinski definition) is 0. The summed E-state index contributed by atoms with van der Waals surface area (Å²) in [4.78, 5) is 0. The van der Waals surface area contributed by atoms with E-state index in [4.69, 9.17) is 0 Å². The summed E-state index contributed by atoms with van der Waals surface area (Å²) in [6, 6.07) is 9.63. The van der Waals surface area contributed by atoms with Crippen LogP contribution in [-0.2, 0) is 22.9 Å². The zero-order chi connectivity index (χ0) is 17.3. The molecule has 2 aliphatic carbocycles. The van der Waals surface area contributed by atoms with Gasteiger partial charge in [-0.15, -0.1) is 0 Å². The topological polar surface area (TPSA) is 0 Å². The van der Waals surface area contributed by atoms with Gasteiger partial charge in [0.1, 0.15) is 0 Å². The Morgan fingerprint density at radius 1 is 0.741 bits per heavy atom. The van der Waals surface area contributed by atoms with Crippen molar-refractivity contribution in [3.63, 3.8) is 0 Å². The molecule has 2 heterocycles. The van der Waals surface area contributed by atoms with Gasteiger partial charge in [0.15, 0.2) is 0 Å². The zero-order valence-electron chi connectivity index (χ0n) is 17.1. The molecular weight excluding hydrogens is 570 g/mol. The van der Waals surface area contributed by atoms with Gasteiger partial charge in [0, 0.05) is 0 Å². The van der Waals surface area contributed by atoms with Crippen molar-refractivity contribution in [2.75, 3.05) is 0 Å². The summed E-state index contributed by atoms with van der Waals surface area (Å²) >= 11 is -0.774. The van der Waals surface area contributed by atoms with Crippen molar-refractivity contribution >= 4 is 16.1 Å². The van der Waals surface area contributed by atoms with Gasteiger partial charge in [0.25, 0.3) is 0 Å². The summed E-state index contributed by atoms with van der Waals surface area (Å²) < 4.78 is 4.10. The fourth-order valence-electron chi connectivity index (χ4n) is 5.90. The van der Waals surface area contributed by atoms with Crippen LogP contribution in [-0.4, -0.2) is 16.1 Å². The maximum atomic E-state index is 2.63. The maximum absolute atomic E-state index is 2.63. The van der Waals surface area contributed by atoms with Crippen LogP contribution in [0.3, 0.4) is 0 Å². The van der Waals surface area contributed by atoms with Gasteiger partial charge in [-0.1, -0.05) is 0 Å². The molecule has 2 fully saturated rings. The second-order valence-corrected chi connectivity index (χ2v) is 23.3. The molecule has 0 aromatic carbocycles. The van der Waals surface area contributed by atoms with E-state index in [0.29, 0.717) is 0 Å². The molecule has 2 saturated heterocycles. The molecule has 0 spiro atoms. The summed E-state index contributed by atoms with van der Waals surface area (Å²) in [6.07, 6.45) is 19.0. The molecule has 0 bridgehead atoms. The van der Waals surface area contributed by atoms with Crippen molar-refractivity contribution in [2.24, 2.45) is 0 Å². The summed E-state index contributed by atoms with van der Waals surface area (Å²) in [7, 11) is -2.02. The van der Waals surface area contributed by atoms with Crippen LogP contribution < -0.4 is 24.8 Å². The Bertz CT molecular complexity index is 599. The molecule has 27 heavy (non-hydrogen) atoms. The van der Waals surface area contributed by atoms with Gasteiger partial charge in [0.2, 0.25) is 0 Å². The monoisotopic (exact) mass is 604 g/mol. The maximum Gasteiger partial charge on any atom is -1.00 e. The van der Waals surface area contributed by atoms with Gasteiger partial charge >= 0.3 is 169 Å². The van der Waals surface area contributed by atoms with Crippen molar-refractivity contribution in [1.29, 1.82) is 0 Å². The van der Waals surface area contributed by atoms with Crippen LogP contribution in [0.5, 0.6) is 0 Å². The third kappa shape index (κ3) is 4.48. The van der Waals surface area contributed by atoms with Gasteiger partial charge in [0.05, 0.1) is 0 Å². The third-order valence-corrected chi connectivity index (χ3v) is 26.1. The normalized spacial score (nSPS) is 24.1. The molecule has 4 aliphatic rings. The summed E-state index contributed by atoms with van der Waals surface area (Å²) in [6.45, 7) is 4.85. The van der Waals surface area contributed by atoms with Crippen LogP contribution in [0.2, 0.25) is 36.3 Å². The fourth-order valence-corrected chi connectivity index (χ4v) is 26.5. The zero-order valence-corrected chi connectivity index (χ0v) is 24.2. The minimum Gasteiger partial charge on any atom is -1.00 e. The van der Waals surface area contributed by atoms with Crippen molar-refractivity contribution in [3.05, 3.63) is 41.4 Å². The van der Waals surface area contributed by atoms with Crippen LogP contribution in [0.25, 0.3) is 0 Å². The van der Waals surface area contributed by atoms with Crippen molar-refractivity contribution < 1.29 is 47.7 Å². The Hall–Kier alpha value is 0.844. The van der Waals surface area contributed by atoms with Gasteiger partial charge in [-0.05, 0) is 0 Å². The second-order valence-electron chi connectivity index (χ2n) is 8.89. The minimum atomic E-state index is -1.01. The molecule has 0 aromatic rings. The number of rotatable bonds is 8. The van der Waals surface area contributed by atoms with E-state index in [9.17, 15) is 0 Å². The van der Waals surface area contributed by atoms with E-state index in [2.05, 4.69) is 44.8 Å². The Morgan fingerprint density at radius 3 is 1.44 bits per heavy atom. The van der Waals surface area contributed by atoms with Gasteiger partial charge in [-0.2, -0.15) is 0 Å². The quantitative estimate of drug-likeness (QED) is 0.365. The largest absolute Gasteiger partial charge is 1.00 e. The van der Waals surface area contributed by atoms with E-state index >= 15 is 0 Å². The van der Waals surface area contributed by atoms with E-state index in [0.717, 1.165) is 0 Å². The number of hydrogen-bond acceptors (Lipinski definition) is 0. The van der Waals surface area contributed by atoms with Gasteiger partial charge in [-0.3, -0.25) is 0 Å². The van der Waals surface area contributed by atoms with Crippen LogP contribution >= 0.6 is 0 Å². The summed E-state index contributed by atoms with van der Waals surface area (Å²) in [5, 5.41) is 4.00. The molecule has 0 aromatic heterocycles. The van der Waals surface area contributed by atoms with Crippen molar-refractivity contribution in [2.45, 2.75) is 88.6 Å². The summed E-state index contributed by atoms with van der Waals surface area (Å²) in [5.41, 5.74) is 0. The first-order valence-electron chi connectivity index (χ1n) is 10.8. The van der Waals surface area contributed by atoms with E-state index in [-0.39, 0.29) is 24.8 Å². The smallest absolute Gasteiger partial charge is 1.00 e. The van der Waals surface area contributed by atoms with E-state index in [1.54, 1.807) is 36.3 Å². The Kier molecular flexibility index (Phi) is 9.15. The molecule has 0 saturated carbocycles. The molecule has 0 N–H and O–H groups in total. The predicted octanol–water partition coefficient (Wildman–Crippen LogP) is 1.11. The van der Waals surface area contributed by atoms with Crippen molar-refractivity contribution in [3.8, 4) is 0 Å². The molecule has 5 heteroatoms. The molecular formula is C22H34Cl2HfSi2. The molecule has 2 aliphatic heterocycles. The number of allylic oxidation sites excluding steroid dienone is 8. The van der Waals surface area contributed by atoms with Crippen LogP contribution in [0, 0.1) is 0 Å². The van der Waals surface area contributed by atoms with Gasteiger partial charge in [-0.25, -0.2) is 0 Å². The molecule has 0 radical (unpaired) electrons. The van der Waals surface area contributed by atoms with E-state index in [1.807, 2.05) is 10.4 Å². The van der Waals surface area contributed by atoms with Crippen LogP contribution in [0.4, 0.5) is 0 Å². The number of halogens is 2. The fraction of sp³-hybridized carbons (Fsp3) is 0.636. The molecule has 0 amide bonds. The van der Waals surface area contributed by atoms with Crippen molar-refractivity contribution in [1.82, 2.24) is 0 Å². The third-order valence-electron chi connectivity index (χ3n) is 7.39. The molecule has 0 nitrogen and oxygen atoms in total. The van der Waals surface area contributed by atoms with E-state index in [1.165, 1.54) is 38.5 Å². The standard InChI is InChI=1S/2C11H17Si.2ClH.Hf/c2*1-2-8-12(9-5-10-12)11-6-3-4-7-11;;;/h2*3,6H,2,4-5,8-10H2,1H3;2*1H;/q;;;;+2/p-2. The SMILES string of the molecule is CCC[Si]1(C2=[C]([Hf+2][C]3=C([Si]4(CCC)CCC4)C=CC3)CC=C2)CCC1.[Cl-].[Cl-]. The first-order valence-corrected chi connectivity index (χ1v) is 19.6.